The number of nitrogens with zero attached hydrogens (tertiary/aromatic N) is 2. The van der Waals surface area contributed by atoms with Gasteiger partial charge in [0.05, 0.1) is 26.3 Å². The monoisotopic (exact) mass is 379 g/mol. The number of rotatable bonds is 7. The highest BCUT2D eigenvalue weighted by molar-refractivity contribution is 6.00. The molecule has 0 fully saturated rings. The largest absolute Gasteiger partial charge is 0.497 e. The van der Waals surface area contributed by atoms with Crippen molar-refractivity contribution in [2.45, 2.75) is 6.54 Å². The minimum atomic E-state index is 0.249. The maximum Gasteiger partial charge on any atom is 0.230 e. The van der Waals surface area contributed by atoms with E-state index in [1.165, 1.54) is 0 Å². The Kier molecular flexibility index (Phi) is 6.43. The highest BCUT2D eigenvalue weighted by Gasteiger charge is 2.12. The number of benzene rings is 2. The Morgan fingerprint density at radius 2 is 1.71 bits per heavy atom. The molecule has 2 N–H and O–H groups in total. The molecule has 1 heterocycles. The average molecular weight is 379 g/mol. The van der Waals surface area contributed by atoms with Crippen molar-refractivity contribution in [2.24, 2.45) is 4.99 Å². The quantitative estimate of drug-likeness (QED) is 0.369. The number of aliphatic imine (C=N–C) groups is 1. The second-order valence-corrected chi connectivity index (χ2v) is 5.76. The van der Waals surface area contributed by atoms with Crippen LogP contribution in [-0.4, -0.2) is 30.2 Å². The van der Waals surface area contributed by atoms with Crippen molar-refractivity contribution in [1.82, 2.24) is 10.5 Å². The van der Waals surface area contributed by atoms with Crippen LogP contribution < -0.4 is 19.7 Å². The van der Waals surface area contributed by atoms with E-state index < -0.39 is 0 Å². The molecule has 2 aromatic carbocycles. The Morgan fingerprint density at radius 3 is 2.43 bits per heavy atom. The van der Waals surface area contributed by atoms with Crippen molar-refractivity contribution >= 4 is 5.84 Å². The summed E-state index contributed by atoms with van der Waals surface area (Å²) in [7, 11) is 3.21. The lowest BCUT2D eigenvalue weighted by atomic mass is 10.2. The summed E-state index contributed by atoms with van der Waals surface area (Å²) < 4.78 is 16.2. The third-order valence-electron chi connectivity index (χ3n) is 3.96. The Labute approximate surface area is 163 Å². The van der Waals surface area contributed by atoms with Crippen LogP contribution in [0.3, 0.4) is 0 Å². The van der Waals surface area contributed by atoms with Gasteiger partial charge in [-0.05, 0) is 54.1 Å². The predicted octanol–water partition coefficient (Wildman–Crippen LogP) is 3.82. The number of aromatic nitrogens is 1. The van der Waals surface area contributed by atoms with Crippen molar-refractivity contribution in [3.05, 3.63) is 78.0 Å². The lowest BCUT2D eigenvalue weighted by molar-refractivity contribution is 0.234. The highest BCUT2D eigenvalue weighted by Crippen LogP contribution is 2.25. The normalized spacial score (nSPS) is 11.0. The molecule has 0 saturated carbocycles. The van der Waals surface area contributed by atoms with Crippen LogP contribution in [0.5, 0.6) is 23.1 Å². The summed E-state index contributed by atoms with van der Waals surface area (Å²) in [4.78, 5) is 8.71. The number of nitrogens with one attached hydrogen (secondary N) is 1. The van der Waals surface area contributed by atoms with E-state index in [2.05, 4.69) is 15.5 Å². The third kappa shape index (κ3) is 4.77. The molecule has 0 aliphatic carbocycles. The summed E-state index contributed by atoms with van der Waals surface area (Å²) in [6.07, 6.45) is 1.61. The van der Waals surface area contributed by atoms with Gasteiger partial charge in [0.25, 0.3) is 0 Å². The zero-order valence-electron chi connectivity index (χ0n) is 15.6. The van der Waals surface area contributed by atoms with Gasteiger partial charge in [0, 0.05) is 6.20 Å². The van der Waals surface area contributed by atoms with Crippen LogP contribution in [-0.2, 0) is 6.54 Å². The fraction of sp³-hybridized carbons (Fsp3) is 0.143. The fourth-order valence-corrected chi connectivity index (χ4v) is 2.53. The molecular formula is C21H21N3O4. The second-order valence-electron chi connectivity index (χ2n) is 5.76. The fourth-order valence-electron chi connectivity index (χ4n) is 2.53. The zero-order valence-corrected chi connectivity index (χ0v) is 15.6. The van der Waals surface area contributed by atoms with Gasteiger partial charge in [-0.2, -0.15) is 0 Å². The summed E-state index contributed by atoms with van der Waals surface area (Å²) >= 11 is 0. The van der Waals surface area contributed by atoms with Gasteiger partial charge in [-0.1, -0.05) is 12.1 Å². The number of hydroxylamine groups is 1. The van der Waals surface area contributed by atoms with Crippen LogP contribution in [0.4, 0.5) is 0 Å². The second kappa shape index (κ2) is 9.38. The summed E-state index contributed by atoms with van der Waals surface area (Å²) in [5, 5.41) is 9.61. The van der Waals surface area contributed by atoms with Crippen molar-refractivity contribution in [3.8, 4) is 23.1 Å². The van der Waals surface area contributed by atoms with Crippen molar-refractivity contribution < 1.29 is 19.4 Å². The number of ether oxygens (including phenoxy) is 3. The van der Waals surface area contributed by atoms with Crippen molar-refractivity contribution in [1.29, 1.82) is 0 Å². The number of amidine groups is 1. The van der Waals surface area contributed by atoms with E-state index in [0.717, 1.165) is 17.1 Å². The highest BCUT2D eigenvalue weighted by atomic mass is 16.5. The number of hydrogen-bond donors (Lipinski definition) is 2. The van der Waals surface area contributed by atoms with Gasteiger partial charge in [-0.25, -0.2) is 4.98 Å². The standard InChI is InChI=1S/C21H21N3O4/c1-26-16-8-10-17(11-9-16)28-21-19(7-4-12-22-21)20(24-25)23-14-15-5-3-6-18(13-15)27-2/h3-13,25H,14H2,1-2H3,(H,23,24). The molecule has 0 bridgehead atoms. The Bertz CT molecular complexity index is 942. The Morgan fingerprint density at radius 1 is 0.964 bits per heavy atom. The summed E-state index contributed by atoms with van der Waals surface area (Å²) in [6.45, 7) is 0.344. The van der Waals surface area contributed by atoms with E-state index >= 15 is 0 Å². The molecule has 0 amide bonds. The van der Waals surface area contributed by atoms with Crippen LogP contribution in [0, 0.1) is 0 Å². The van der Waals surface area contributed by atoms with Gasteiger partial charge in [0.2, 0.25) is 5.88 Å². The molecule has 0 aliphatic heterocycles. The van der Waals surface area contributed by atoms with Gasteiger partial charge in [-0.15, -0.1) is 0 Å². The molecule has 1 aromatic heterocycles. The smallest absolute Gasteiger partial charge is 0.230 e. The first-order chi connectivity index (χ1) is 13.7. The van der Waals surface area contributed by atoms with Crippen molar-refractivity contribution in [3.63, 3.8) is 0 Å². The van der Waals surface area contributed by atoms with Crippen LogP contribution in [0.15, 0.2) is 71.9 Å². The molecular weight excluding hydrogens is 358 g/mol. The molecule has 0 radical (unpaired) electrons. The number of pyridine rings is 1. The first-order valence-corrected chi connectivity index (χ1v) is 8.58. The van der Waals surface area contributed by atoms with E-state index in [9.17, 15) is 5.21 Å². The van der Waals surface area contributed by atoms with Gasteiger partial charge < -0.3 is 14.2 Å². The van der Waals surface area contributed by atoms with E-state index in [4.69, 9.17) is 14.2 Å². The molecule has 3 aromatic rings. The molecule has 7 nitrogen and oxygen atoms in total. The topological polar surface area (TPSA) is 85.2 Å². The van der Waals surface area contributed by atoms with E-state index in [0.29, 0.717) is 23.7 Å². The van der Waals surface area contributed by atoms with Gasteiger partial charge in [0.1, 0.15) is 17.2 Å². The summed E-state index contributed by atoms with van der Waals surface area (Å²) in [5.41, 5.74) is 3.61. The predicted molar refractivity (Wildman–Crippen MR) is 105 cm³/mol. The Balaban J connectivity index is 1.83. The molecule has 3 rings (SSSR count). The van der Waals surface area contributed by atoms with Gasteiger partial charge in [0.15, 0.2) is 5.84 Å². The minimum Gasteiger partial charge on any atom is -0.497 e. The van der Waals surface area contributed by atoms with E-state index in [-0.39, 0.29) is 5.84 Å². The first kappa shape index (κ1) is 19.2. The molecule has 0 spiro atoms. The summed E-state index contributed by atoms with van der Waals surface area (Å²) in [5.74, 6) is 2.63. The van der Waals surface area contributed by atoms with Crippen LogP contribution in [0.2, 0.25) is 0 Å². The molecule has 0 aliphatic rings. The molecule has 144 valence electrons. The number of methoxy groups -OCH3 is 2. The molecule has 28 heavy (non-hydrogen) atoms. The maximum atomic E-state index is 9.61. The van der Waals surface area contributed by atoms with Crippen LogP contribution in [0.25, 0.3) is 0 Å². The van der Waals surface area contributed by atoms with Gasteiger partial charge in [-0.3, -0.25) is 15.7 Å². The van der Waals surface area contributed by atoms with E-state index in [1.807, 2.05) is 24.3 Å². The lowest BCUT2D eigenvalue weighted by Gasteiger charge is -2.12. The van der Waals surface area contributed by atoms with Crippen LogP contribution in [0.1, 0.15) is 11.1 Å². The molecule has 7 heteroatoms. The average Bonchev–Trinajstić information content (AvgIpc) is 2.76. The molecule has 0 unspecified atom stereocenters. The van der Waals surface area contributed by atoms with Crippen molar-refractivity contribution in [2.75, 3.05) is 14.2 Å². The SMILES string of the molecule is COc1ccc(Oc2ncccc2C(=NCc2cccc(OC)c2)NO)cc1. The summed E-state index contributed by atoms with van der Waals surface area (Å²) in [6, 6.07) is 18.2. The first-order valence-electron chi connectivity index (χ1n) is 8.58. The maximum absolute atomic E-state index is 9.61. The third-order valence-corrected chi connectivity index (χ3v) is 3.96. The van der Waals surface area contributed by atoms with E-state index in [1.54, 1.807) is 56.8 Å². The van der Waals surface area contributed by atoms with Gasteiger partial charge >= 0.3 is 0 Å². The molecule has 0 saturated heterocycles. The van der Waals surface area contributed by atoms with Crippen LogP contribution >= 0.6 is 0 Å². The Hall–Kier alpha value is -3.58. The molecule has 0 atom stereocenters. The zero-order chi connectivity index (χ0) is 19.8. The number of hydrogen-bond acceptors (Lipinski definition) is 6. The lowest BCUT2D eigenvalue weighted by Crippen LogP contribution is -2.21. The minimum absolute atomic E-state index is 0.249.